The molecule has 0 radical (unpaired) electrons. The zero-order valence-corrected chi connectivity index (χ0v) is 17.1. The van der Waals surface area contributed by atoms with Gasteiger partial charge < -0.3 is 10.2 Å². The Hall–Kier alpha value is -3.15. The molecule has 1 aliphatic carbocycles. The molecule has 6 nitrogen and oxygen atoms in total. The van der Waals surface area contributed by atoms with Gasteiger partial charge >= 0.3 is 5.97 Å². The molecule has 0 aliphatic heterocycles. The third-order valence-electron chi connectivity index (χ3n) is 5.30. The van der Waals surface area contributed by atoms with Crippen LogP contribution in [0.1, 0.15) is 55.7 Å². The van der Waals surface area contributed by atoms with E-state index in [4.69, 9.17) is 5.11 Å². The smallest absolute Gasteiger partial charge is 0.360 e. The van der Waals surface area contributed by atoms with Crippen molar-refractivity contribution in [1.82, 2.24) is 9.78 Å². The minimum atomic E-state index is -1.46. The summed E-state index contributed by atoms with van der Waals surface area (Å²) in [6, 6.07) is 7.86. The van der Waals surface area contributed by atoms with Crippen molar-refractivity contribution in [1.29, 1.82) is 0 Å². The van der Waals surface area contributed by atoms with Crippen molar-refractivity contribution in [3.05, 3.63) is 75.2 Å². The Morgan fingerprint density at radius 1 is 1.24 bits per heavy atom. The van der Waals surface area contributed by atoms with Crippen LogP contribution in [0.5, 0.6) is 5.75 Å². The van der Waals surface area contributed by atoms with E-state index in [9.17, 15) is 14.7 Å². The number of carboxylic acids is 1. The molecule has 0 fully saturated rings. The van der Waals surface area contributed by atoms with Crippen LogP contribution >= 0.6 is 0 Å². The minimum absolute atomic E-state index is 0.125. The van der Waals surface area contributed by atoms with Gasteiger partial charge in [0, 0.05) is 0 Å². The number of aromatic nitrogens is 2. The van der Waals surface area contributed by atoms with Gasteiger partial charge in [-0.15, -0.1) is 0 Å². The quantitative estimate of drug-likeness (QED) is 0.815. The lowest BCUT2D eigenvalue weighted by Crippen LogP contribution is -2.22. The number of hydrogen-bond acceptors (Lipinski definition) is 4. The first-order valence-corrected chi connectivity index (χ1v) is 9.61. The molecular weight excluding hydrogens is 368 g/mol. The topological polar surface area (TPSA) is 92.4 Å². The molecule has 3 rings (SSSR count). The fraction of sp³-hybridized carbons (Fsp3) is 0.348. The normalized spacial score (nSPS) is 16.9. The summed E-state index contributed by atoms with van der Waals surface area (Å²) < 4.78 is 1.30. The zero-order chi connectivity index (χ0) is 21.3. The summed E-state index contributed by atoms with van der Waals surface area (Å²) in [6.07, 6.45) is 6.50. The second-order valence-electron chi connectivity index (χ2n) is 8.52. The minimum Gasteiger partial charge on any atom is -0.503 e. The number of carboxylic acid groups (broad SMARTS) is 1. The van der Waals surface area contributed by atoms with E-state index in [1.54, 1.807) is 0 Å². The average Bonchev–Trinajstić information content (AvgIpc) is 2.64. The monoisotopic (exact) mass is 394 g/mol. The molecule has 152 valence electrons. The first-order chi connectivity index (χ1) is 13.6. The second kappa shape index (κ2) is 7.70. The van der Waals surface area contributed by atoms with Gasteiger partial charge in [-0.25, -0.2) is 4.79 Å². The van der Waals surface area contributed by atoms with Crippen molar-refractivity contribution in [2.45, 2.75) is 40.7 Å². The predicted octanol–water partition coefficient (Wildman–Crippen LogP) is 4.09. The van der Waals surface area contributed by atoms with Crippen LogP contribution in [-0.2, 0) is 6.54 Å². The third kappa shape index (κ3) is 4.31. The van der Waals surface area contributed by atoms with Crippen molar-refractivity contribution in [3.63, 3.8) is 0 Å². The Labute approximate surface area is 169 Å². The molecule has 2 aromatic rings. The van der Waals surface area contributed by atoms with E-state index < -0.39 is 22.8 Å². The van der Waals surface area contributed by atoms with Gasteiger partial charge in [-0.05, 0) is 34.5 Å². The molecule has 0 amide bonds. The highest BCUT2D eigenvalue weighted by Crippen LogP contribution is 2.40. The summed E-state index contributed by atoms with van der Waals surface area (Å²) in [7, 11) is 0. The molecule has 1 atom stereocenters. The van der Waals surface area contributed by atoms with Crippen LogP contribution in [0.25, 0.3) is 5.57 Å². The maximum absolute atomic E-state index is 11.8. The van der Waals surface area contributed by atoms with Gasteiger partial charge in [-0.2, -0.15) is 5.10 Å². The van der Waals surface area contributed by atoms with E-state index in [1.165, 1.54) is 22.0 Å². The van der Waals surface area contributed by atoms with E-state index in [1.807, 2.05) is 24.3 Å². The lowest BCUT2D eigenvalue weighted by atomic mass is 9.75. The van der Waals surface area contributed by atoms with Crippen LogP contribution in [0.4, 0.5) is 0 Å². The van der Waals surface area contributed by atoms with Crippen LogP contribution in [-0.4, -0.2) is 26.0 Å². The molecule has 6 heteroatoms. The van der Waals surface area contributed by atoms with E-state index in [-0.39, 0.29) is 12.0 Å². The number of hydrogen-bond donors (Lipinski definition) is 2. The SMILES string of the molecule is CC1CC(C(C)(C)C)=CC=C1c1ccccc1Cn1cc(O)c(=O)c(C(=O)O)n1. The molecule has 0 spiro atoms. The summed E-state index contributed by atoms with van der Waals surface area (Å²) in [5.74, 6) is -1.75. The number of benzene rings is 1. The molecule has 1 aliphatic rings. The summed E-state index contributed by atoms with van der Waals surface area (Å²) >= 11 is 0. The van der Waals surface area contributed by atoms with Crippen molar-refractivity contribution in [2.24, 2.45) is 11.3 Å². The van der Waals surface area contributed by atoms with Crippen LogP contribution < -0.4 is 5.43 Å². The molecule has 1 aromatic heterocycles. The van der Waals surface area contributed by atoms with Crippen LogP contribution in [0.2, 0.25) is 0 Å². The van der Waals surface area contributed by atoms with Crippen molar-refractivity contribution >= 4 is 11.5 Å². The molecule has 1 heterocycles. The lowest BCUT2D eigenvalue weighted by Gasteiger charge is -2.30. The Morgan fingerprint density at radius 3 is 2.55 bits per heavy atom. The maximum atomic E-state index is 11.8. The van der Waals surface area contributed by atoms with Gasteiger partial charge in [0.1, 0.15) is 0 Å². The number of aromatic carboxylic acids is 1. The highest BCUT2D eigenvalue weighted by molar-refractivity contribution is 5.85. The highest BCUT2D eigenvalue weighted by Gasteiger charge is 2.25. The van der Waals surface area contributed by atoms with E-state index in [0.29, 0.717) is 5.92 Å². The fourth-order valence-corrected chi connectivity index (χ4v) is 3.63. The molecule has 0 saturated carbocycles. The van der Waals surface area contributed by atoms with Crippen LogP contribution in [0, 0.1) is 11.3 Å². The van der Waals surface area contributed by atoms with Gasteiger partial charge in [0.05, 0.1) is 12.7 Å². The first-order valence-electron chi connectivity index (χ1n) is 9.61. The van der Waals surface area contributed by atoms with Crippen LogP contribution in [0.15, 0.2) is 53.0 Å². The number of carbonyl (C=O) groups is 1. The Bertz CT molecular complexity index is 1070. The van der Waals surface area contributed by atoms with Crippen molar-refractivity contribution in [3.8, 4) is 5.75 Å². The highest BCUT2D eigenvalue weighted by atomic mass is 16.4. The second-order valence-corrected chi connectivity index (χ2v) is 8.52. The van der Waals surface area contributed by atoms with Crippen molar-refractivity contribution < 1.29 is 15.0 Å². The summed E-state index contributed by atoms with van der Waals surface area (Å²) in [5, 5.41) is 22.9. The van der Waals surface area contributed by atoms with Crippen molar-refractivity contribution in [2.75, 3.05) is 0 Å². The van der Waals surface area contributed by atoms with E-state index in [2.05, 4.69) is 44.9 Å². The number of nitrogens with zero attached hydrogens (tertiary/aromatic N) is 2. The zero-order valence-electron chi connectivity index (χ0n) is 17.1. The Morgan fingerprint density at radius 2 is 1.93 bits per heavy atom. The molecule has 29 heavy (non-hydrogen) atoms. The number of allylic oxidation sites excluding steroid dienone is 4. The summed E-state index contributed by atoms with van der Waals surface area (Å²) in [4.78, 5) is 23.0. The molecule has 0 saturated heterocycles. The molecule has 2 N–H and O–H groups in total. The van der Waals surface area contributed by atoms with E-state index >= 15 is 0 Å². The predicted molar refractivity (Wildman–Crippen MR) is 112 cm³/mol. The summed E-state index contributed by atoms with van der Waals surface area (Å²) in [5.41, 5.74) is 3.06. The molecule has 1 aromatic carbocycles. The van der Waals surface area contributed by atoms with E-state index in [0.717, 1.165) is 17.5 Å². The molecular formula is C23H26N2O4. The van der Waals surface area contributed by atoms with Gasteiger partial charge in [-0.1, -0.05) is 69.7 Å². The van der Waals surface area contributed by atoms with Gasteiger partial charge in [-0.3, -0.25) is 9.48 Å². The molecule has 0 bridgehead atoms. The standard InChI is InChI=1S/C23H26N2O4/c1-14-11-16(23(2,3)4)9-10-17(14)18-8-6-5-7-15(18)12-25-13-19(26)21(27)20(24-25)22(28)29/h5-10,13-14,26H,11-12H2,1-4H3,(H,28,29). The summed E-state index contributed by atoms with van der Waals surface area (Å²) in [6.45, 7) is 9.09. The Kier molecular flexibility index (Phi) is 5.46. The largest absolute Gasteiger partial charge is 0.503 e. The van der Waals surface area contributed by atoms with Gasteiger partial charge in [0.15, 0.2) is 5.75 Å². The van der Waals surface area contributed by atoms with Gasteiger partial charge in [0.2, 0.25) is 5.69 Å². The molecule has 1 unspecified atom stereocenters. The van der Waals surface area contributed by atoms with Crippen LogP contribution in [0.3, 0.4) is 0 Å². The first kappa shape index (κ1) is 20.6. The Balaban J connectivity index is 2.01. The number of aromatic hydroxyl groups is 1. The average molecular weight is 394 g/mol. The number of rotatable bonds is 4. The third-order valence-corrected chi connectivity index (χ3v) is 5.30. The van der Waals surface area contributed by atoms with Gasteiger partial charge in [0.25, 0.3) is 5.43 Å². The fourth-order valence-electron chi connectivity index (χ4n) is 3.63. The lowest BCUT2D eigenvalue weighted by molar-refractivity contribution is 0.0685. The maximum Gasteiger partial charge on any atom is 0.360 e.